The molecule has 0 bridgehead atoms. The maximum Gasteiger partial charge on any atom is 0.340 e. The number of ether oxygens (including phenoxy) is 1. The first-order valence-electron chi connectivity index (χ1n) is 9.33. The van der Waals surface area contributed by atoms with Gasteiger partial charge in [0.2, 0.25) is 0 Å². The minimum Gasteiger partial charge on any atom is -0.755 e. The molecule has 0 fully saturated rings. The Morgan fingerprint density at radius 2 is 1.94 bits per heavy atom. The highest BCUT2D eigenvalue weighted by Gasteiger charge is 2.18. The fourth-order valence-electron chi connectivity index (χ4n) is 3.17. The maximum absolute atomic E-state index is 14.9. The van der Waals surface area contributed by atoms with Crippen LogP contribution in [0.2, 0.25) is 0 Å². The molecule has 0 aliphatic heterocycles. The number of hydrogen-bond acceptors (Lipinski definition) is 8. The molecule has 1 aromatic carbocycles. The molecule has 3 heterocycles. The third kappa shape index (κ3) is 4.20. The zero-order valence-corrected chi connectivity index (χ0v) is 17.8. The summed E-state index contributed by atoms with van der Waals surface area (Å²) in [6, 6.07) is 8.14. The number of aromatic nitrogens is 3. The van der Waals surface area contributed by atoms with Crippen molar-refractivity contribution in [2.24, 2.45) is 0 Å². The predicted molar refractivity (Wildman–Crippen MR) is 114 cm³/mol. The standard InChI is InChI=1S/C21H17FN4O5S/c1-12-15-5-4-14(30-21-24-7-3-8-25-21)11-17(15)31-20(27)16(12)10-13-6-9-23-19(18(13)22)26(2)32(28)29/h3-9,11H,10H2,1-2H3,(H,28,29)/p-1. The van der Waals surface area contributed by atoms with Gasteiger partial charge in [0.25, 0.3) is 0 Å². The third-order valence-corrected chi connectivity index (χ3v) is 5.47. The van der Waals surface area contributed by atoms with Crippen molar-refractivity contribution in [2.75, 3.05) is 11.4 Å². The van der Waals surface area contributed by atoms with E-state index in [1.165, 1.54) is 31.7 Å². The van der Waals surface area contributed by atoms with Gasteiger partial charge in [-0.25, -0.2) is 24.1 Å². The van der Waals surface area contributed by atoms with Crippen LogP contribution in [0, 0.1) is 12.7 Å². The number of hydrogen-bond donors (Lipinski definition) is 0. The van der Waals surface area contributed by atoms with Gasteiger partial charge in [0.1, 0.15) is 11.3 Å². The van der Waals surface area contributed by atoms with Gasteiger partial charge in [0.15, 0.2) is 11.6 Å². The van der Waals surface area contributed by atoms with Crippen molar-refractivity contribution in [1.29, 1.82) is 0 Å². The Hall–Kier alpha value is -3.70. The minimum absolute atomic E-state index is 0.0963. The van der Waals surface area contributed by atoms with Crippen LogP contribution < -0.4 is 14.7 Å². The Bertz CT molecular complexity index is 1380. The first kappa shape index (κ1) is 21.5. The summed E-state index contributed by atoms with van der Waals surface area (Å²) >= 11 is -2.69. The van der Waals surface area contributed by atoms with Crippen molar-refractivity contribution in [3.8, 4) is 11.8 Å². The van der Waals surface area contributed by atoms with Gasteiger partial charge >= 0.3 is 11.6 Å². The number of aryl methyl sites for hydroxylation is 1. The summed E-state index contributed by atoms with van der Waals surface area (Å²) in [5.41, 5.74) is 0.628. The van der Waals surface area contributed by atoms with E-state index in [2.05, 4.69) is 15.0 Å². The third-order valence-electron chi connectivity index (χ3n) is 4.85. The monoisotopic (exact) mass is 455 g/mol. The summed E-state index contributed by atoms with van der Waals surface area (Å²) in [5.74, 6) is -0.800. The molecule has 164 valence electrons. The minimum atomic E-state index is -2.69. The van der Waals surface area contributed by atoms with Gasteiger partial charge in [-0.15, -0.1) is 0 Å². The largest absolute Gasteiger partial charge is 0.755 e. The average Bonchev–Trinajstić information content (AvgIpc) is 2.77. The number of benzene rings is 1. The van der Waals surface area contributed by atoms with Gasteiger partial charge < -0.3 is 13.7 Å². The molecule has 0 saturated heterocycles. The summed E-state index contributed by atoms with van der Waals surface area (Å²) in [5, 5.41) is 0.647. The topological polar surface area (TPSA) is 121 Å². The van der Waals surface area contributed by atoms with Crippen LogP contribution >= 0.6 is 0 Å². The van der Waals surface area contributed by atoms with Gasteiger partial charge in [-0.05, 0) is 42.3 Å². The maximum atomic E-state index is 14.9. The number of anilines is 1. The molecule has 0 spiro atoms. The van der Waals surface area contributed by atoms with Crippen LogP contribution in [0.1, 0.15) is 16.7 Å². The Labute approximate surface area is 183 Å². The Morgan fingerprint density at radius 3 is 2.66 bits per heavy atom. The van der Waals surface area contributed by atoms with Crippen molar-refractivity contribution in [1.82, 2.24) is 15.0 Å². The highest BCUT2D eigenvalue weighted by molar-refractivity contribution is 7.80. The van der Waals surface area contributed by atoms with Crippen LogP contribution in [0.5, 0.6) is 11.8 Å². The molecule has 0 aliphatic carbocycles. The highest BCUT2D eigenvalue weighted by atomic mass is 32.2. The molecule has 1 atom stereocenters. The second-order valence-electron chi connectivity index (χ2n) is 6.78. The predicted octanol–water partition coefficient (Wildman–Crippen LogP) is 3.04. The van der Waals surface area contributed by atoms with E-state index in [1.54, 1.807) is 31.2 Å². The average molecular weight is 455 g/mol. The SMILES string of the molecule is Cc1c(Cc2ccnc(N(C)S(=O)[O-])c2F)c(=O)oc2cc(Oc3ncccn3)ccc12. The molecule has 0 aliphatic rings. The lowest BCUT2D eigenvalue weighted by Crippen LogP contribution is -2.22. The Kier molecular flexibility index (Phi) is 5.93. The molecule has 1 unspecified atom stereocenters. The molecular weight excluding hydrogens is 439 g/mol. The fourth-order valence-corrected chi connectivity index (χ4v) is 3.44. The summed E-state index contributed by atoms with van der Waals surface area (Å²) in [6.07, 6.45) is 4.26. The van der Waals surface area contributed by atoms with E-state index in [4.69, 9.17) is 9.15 Å². The molecule has 9 nitrogen and oxygen atoms in total. The van der Waals surface area contributed by atoms with Gasteiger partial charge in [0, 0.05) is 60.3 Å². The van der Waals surface area contributed by atoms with Crippen LogP contribution in [0.4, 0.5) is 10.2 Å². The van der Waals surface area contributed by atoms with E-state index in [1.807, 2.05) is 0 Å². The van der Waals surface area contributed by atoms with E-state index in [0.717, 1.165) is 0 Å². The van der Waals surface area contributed by atoms with E-state index < -0.39 is 22.7 Å². The van der Waals surface area contributed by atoms with Crippen molar-refractivity contribution in [3.63, 3.8) is 0 Å². The van der Waals surface area contributed by atoms with E-state index in [0.29, 0.717) is 26.6 Å². The van der Waals surface area contributed by atoms with E-state index >= 15 is 0 Å². The summed E-state index contributed by atoms with van der Waals surface area (Å²) in [4.78, 5) is 24.4. The molecule has 0 N–H and O–H groups in total. The number of pyridine rings is 1. The van der Waals surface area contributed by atoms with Crippen LogP contribution in [-0.4, -0.2) is 30.8 Å². The lowest BCUT2D eigenvalue weighted by molar-refractivity contribution is 0.440. The van der Waals surface area contributed by atoms with Gasteiger partial charge in [-0.2, -0.15) is 0 Å². The number of nitrogens with zero attached hydrogens (tertiary/aromatic N) is 4. The van der Waals surface area contributed by atoms with Crippen molar-refractivity contribution >= 4 is 28.1 Å². The van der Waals surface area contributed by atoms with E-state index in [9.17, 15) is 17.9 Å². The zero-order chi connectivity index (χ0) is 22.8. The van der Waals surface area contributed by atoms with Crippen LogP contribution in [0.25, 0.3) is 11.0 Å². The van der Waals surface area contributed by atoms with Gasteiger partial charge in [-0.1, -0.05) is 0 Å². The van der Waals surface area contributed by atoms with E-state index in [-0.39, 0.29) is 29.4 Å². The number of rotatable bonds is 6. The van der Waals surface area contributed by atoms with Crippen LogP contribution in [-0.2, 0) is 17.7 Å². The Balaban J connectivity index is 1.70. The van der Waals surface area contributed by atoms with Crippen LogP contribution in [0.15, 0.2) is 58.1 Å². The molecule has 4 aromatic rings. The quantitative estimate of drug-likeness (QED) is 0.321. The molecule has 32 heavy (non-hydrogen) atoms. The number of halogens is 1. The summed E-state index contributed by atoms with van der Waals surface area (Å²) < 4.78 is 48.9. The van der Waals surface area contributed by atoms with Gasteiger partial charge in [-0.3, -0.25) is 8.51 Å². The van der Waals surface area contributed by atoms with Crippen molar-refractivity contribution < 1.29 is 22.3 Å². The molecule has 0 saturated carbocycles. The lowest BCUT2D eigenvalue weighted by Gasteiger charge is -2.21. The molecular formula is C21H16FN4O5S-. The van der Waals surface area contributed by atoms with Crippen LogP contribution in [0.3, 0.4) is 0 Å². The fraction of sp³-hybridized carbons (Fsp3) is 0.143. The second-order valence-corrected chi connectivity index (χ2v) is 7.77. The second kappa shape index (κ2) is 8.81. The van der Waals surface area contributed by atoms with Gasteiger partial charge in [0.05, 0.1) is 0 Å². The molecule has 4 rings (SSSR count). The summed E-state index contributed by atoms with van der Waals surface area (Å²) in [7, 11) is 1.17. The smallest absolute Gasteiger partial charge is 0.340 e. The molecule has 0 radical (unpaired) electrons. The lowest BCUT2D eigenvalue weighted by atomic mass is 10.00. The molecule has 0 amide bonds. The highest BCUT2D eigenvalue weighted by Crippen LogP contribution is 2.28. The molecule has 3 aromatic heterocycles. The zero-order valence-electron chi connectivity index (χ0n) is 16.9. The Morgan fingerprint density at radius 1 is 1.19 bits per heavy atom. The first-order chi connectivity index (χ1) is 15.3. The van der Waals surface area contributed by atoms with Crippen molar-refractivity contribution in [2.45, 2.75) is 13.3 Å². The normalized spacial score (nSPS) is 12.0. The number of fused-ring (bicyclic) bond motifs is 1. The summed E-state index contributed by atoms with van der Waals surface area (Å²) in [6.45, 7) is 1.73. The van der Waals surface area contributed by atoms with Crippen molar-refractivity contribution in [3.05, 3.63) is 81.9 Å². The molecule has 11 heteroatoms. The first-order valence-corrected chi connectivity index (χ1v) is 10.4.